The summed E-state index contributed by atoms with van der Waals surface area (Å²) < 4.78 is 0. The Morgan fingerprint density at radius 1 is 1.30 bits per heavy atom. The molecule has 0 aliphatic carbocycles. The lowest BCUT2D eigenvalue weighted by Crippen LogP contribution is -2.23. The first-order chi connectivity index (χ1) is 9.50. The molecule has 0 radical (unpaired) electrons. The largest absolute Gasteiger partial charge is 0.382 e. The fourth-order valence-electron chi connectivity index (χ4n) is 1.86. The first kappa shape index (κ1) is 14.3. The number of amidine groups is 1. The van der Waals surface area contributed by atoms with Gasteiger partial charge in [-0.1, -0.05) is 29.8 Å². The van der Waals surface area contributed by atoms with Crippen molar-refractivity contribution in [3.63, 3.8) is 0 Å². The molecule has 0 saturated heterocycles. The fraction of sp³-hybridized carbons (Fsp3) is 0.214. The van der Waals surface area contributed by atoms with Crippen LogP contribution in [0.3, 0.4) is 0 Å². The molecule has 0 fully saturated rings. The van der Waals surface area contributed by atoms with E-state index < -0.39 is 0 Å². The van der Waals surface area contributed by atoms with E-state index in [9.17, 15) is 0 Å². The van der Waals surface area contributed by atoms with Gasteiger partial charge in [0.25, 0.3) is 0 Å². The van der Waals surface area contributed by atoms with E-state index in [2.05, 4.69) is 9.97 Å². The van der Waals surface area contributed by atoms with Gasteiger partial charge in [0.05, 0.1) is 18.4 Å². The molecule has 0 aliphatic heterocycles. The Morgan fingerprint density at radius 3 is 2.55 bits per heavy atom. The Bertz CT molecular complexity index is 611. The topological polar surface area (TPSA) is 78.9 Å². The van der Waals surface area contributed by atoms with Gasteiger partial charge in [-0.25, -0.2) is 9.97 Å². The van der Waals surface area contributed by atoms with Crippen molar-refractivity contribution in [3.8, 4) is 0 Å². The Balaban J connectivity index is 2.24. The van der Waals surface area contributed by atoms with Crippen molar-refractivity contribution < 1.29 is 0 Å². The number of hydrogen-bond acceptors (Lipinski definition) is 4. The number of halogens is 1. The van der Waals surface area contributed by atoms with Gasteiger partial charge in [0, 0.05) is 12.1 Å². The molecule has 0 spiro atoms. The zero-order valence-electron chi connectivity index (χ0n) is 11.3. The molecule has 1 heterocycles. The van der Waals surface area contributed by atoms with Gasteiger partial charge in [-0.15, -0.1) is 0 Å². The standard InChI is InChI=1S/C14H16ClN5/c1-9(10-5-3-4-6-11(10)15)20(2)13-8-18-12(7-19-13)14(16)17/h3-9H,1-2H3,(H3,16,17). The number of nitrogens with zero attached hydrogens (tertiary/aromatic N) is 3. The maximum absolute atomic E-state index is 7.30. The molecule has 104 valence electrons. The smallest absolute Gasteiger partial charge is 0.147 e. The minimum Gasteiger partial charge on any atom is -0.382 e. The Kier molecular flexibility index (Phi) is 4.20. The summed E-state index contributed by atoms with van der Waals surface area (Å²) in [6.07, 6.45) is 3.09. The van der Waals surface area contributed by atoms with Crippen LogP contribution in [0.25, 0.3) is 0 Å². The van der Waals surface area contributed by atoms with Gasteiger partial charge < -0.3 is 10.6 Å². The fourth-order valence-corrected chi connectivity index (χ4v) is 2.16. The second-order valence-electron chi connectivity index (χ2n) is 4.48. The summed E-state index contributed by atoms with van der Waals surface area (Å²) >= 11 is 6.21. The number of hydrogen-bond donors (Lipinski definition) is 2. The van der Waals surface area contributed by atoms with Crippen molar-refractivity contribution in [2.45, 2.75) is 13.0 Å². The molecular weight excluding hydrogens is 274 g/mol. The van der Waals surface area contributed by atoms with Gasteiger partial charge in [0.15, 0.2) is 0 Å². The highest BCUT2D eigenvalue weighted by Gasteiger charge is 2.16. The molecule has 2 rings (SSSR count). The number of nitrogens with one attached hydrogen (secondary N) is 1. The average molecular weight is 290 g/mol. The summed E-state index contributed by atoms with van der Waals surface area (Å²) in [4.78, 5) is 10.4. The second kappa shape index (κ2) is 5.88. The molecule has 1 aromatic carbocycles. The number of nitrogens with two attached hydrogens (primary N) is 1. The monoisotopic (exact) mass is 289 g/mol. The van der Waals surface area contributed by atoms with Gasteiger partial charge >= 0.3 is 0 Å². The average Bonchev–Trinajstić information content (AvgIpc) is 2.46. The zero-order valence-corrected chi connectivity index (χ0v) is 12.1. The first-order valence-corrected chi connectivity index (χ1v) is 6.52. The van der Waals surface area contributed by atoms with Crippen molar-refractivity contribution in [2.75, 3.05) is 11.9 Å². The Labute approximate surface area is 122 Å². The normalized spacial score (nSPS) is 11.9. The highest BCUT2D eigenvalue weighted by molar-refractivity contribution is 6.31. The van der Waals surface area contributed by atoms with E-state index in [0.29, 0.717) is 11.5 Å². The highest BCUT2D eigenvalue weighted by atomic mass is 35.5. The molecule has 1 unspecified atom stereocenters. The molecule has 1 atom stereocenters. The third kappa shape index (κ3) is 2.88. The van der Waals surface area contributed by atoms with E-state index in [1.54, 1.807) is 6.20 Å². The lowest BCUT2D eigenvalue weighted by Gasteiger charge is -2.26. The summed E-state index contributed by atoms with van der Waals surface area (Å²) in [6.45, 7) is 2.04. The number of rotatable bonds is 4. The predicted octanol–water partition coefficient (Wildman–Crippen LogP) is 2.61. The minimum absolute atomic E-state index is 0.0566. The lowest BCUT2D eigenvalue weighted by atomic mass is 10.1. The molecule has 6 heteroatoms. The van der Waals surface area contributed by atoms with Crippen molar-refractivity contribution in [1.82, 2.24) is 9.97 Å². The third-order valence-corrected chi connectivity index (χ3v) is 3.56. The molecule has 3 N–H and O–H groups in total. The molecule has 20 heavy (non-hydrogen) atoms. The van der Waals surface area contributed by atoms with E-state index in [4.69, 9.17) is 22.7 Å². The van der Waals surface area contributed by atoms with Gasteiger partial charge in [0.2, 0.25) is 0 Å². The maximum Gasteiger partial charge on any atom is 0.147 e. The van der Waals surface area contributed by atoms with Crippen molar-refractivity contribution in [3.05, 3.63) is 52.9 Å². The molecule has 0 bridgehead atoms. The molecular formula is C14H16ClN5. The van der Waals surface area contributed by atoms with Crippen LogP contribution in [-0.4, -0.2) is 22.9 Å². The van der Waals surface area contributed by atoms with E-state index >= 15 is 0 Å². The van der Waals surface area contributed by atoms with E-state index in [1.807, 2.05) is 43.1 Å². The predicted molar refractivity (Wildman–Crippen MR) is 81.3 cm³/mol. The molecule has 1 aromatic heterocycles. The number of benzene rings is 1. The van der Waals surface area contributed by atoms with Crippen LogP contribution in [0.1, 0.15) is 24.2 Å². The summed E-state index contributed by atoms with van der Waals surface area (Å²) in [6, 6.07) is 7.77. The maximum atomic E-state index is 7.30. The molecule has 0 aliphatic rings. The molecule has 2 aromatic rings. The quantitative estimate of drug-likeness (QED) is 0.670. The summed E-state index contributed by atoms with van der Waals surface area (Å²) in [7, 11) is 1.92. The van der Waals surface area contributed by atoms with E-state index in [1.165, 1.54) is 6.20 Å². The summed E-state index contributed by atoms with van der Waals surface area (Å²) in [5.41, 5.74) is 6.75. The Morgan fingerprint density at radius 2 is 2.00 bits per heavy atom. The van der Waals surface area contributed by atoms with Crippen molar-refractivity contribution in [2.24, 2.45) is 5.73 Å². The van der Waals surface area contributed by atoms with E-state index in [0.717, 1.165) is 10.6 Å². The van der Waals surface area contributed by atoms with Gasteiger partial charge in [-0.2, -0.15) is 0 Å². The van der Waals surface area contributed by atoms with Crippen LogP contribution in [0.15, 0.2) is 36.7 Å². The number of nitrogen functional groups attached to an aromatic ring is 1. The third-order valence-electron chi connectivity index (χ3n) is 3.21. The van der Waals surface area contributed by atoms with Crippen LogP contribution in [-0.2, 0) is 0 Å². The minimum atomic E-state index is -0.0918. The van der Waals surface area contributed by atoms with Crippen LogP contribution in [0.5, 0.6) is 0 Å². The first-order valence-electron chi connectivity index (χ1n) is 6.14. The number of anilines is 1. The molecule has 0 amide bonds. The van der Waals surface area contributed by atoms with Gasteiger partial charge in [0.1, 0.15) is 17.3 Å². The molecule has 5 nitrogen and oxygen atoms in total. The number of aromatic nitrogens is 2. The summed E-state index contributed by atoms with van der Waals surface area (Å²) in [5, 5.41) is 8.03. The van der Waals surface area contributed by atoms with Gasteiger partial charge in [-0.05, 0) is 18.6 Å². The Hall–Kier alpha value is -2.14. The van der Waals surface area contributed by atoms with Crippen LogP contribution < -0.4 is 10.6 Å². The van der Waals surface area contributed by atoms with Crippen molar-refractivity contribution in [1.29, 1.82) is 5.41 Å². The second-order valence-corrected chi connectivity index (χ2v) is 4.89. The highest BCUT2D eigenvalue weighted by Crippen LogP contribution is 2.28. The summed E-state index contributed by atoms with van der Waals surface area (Å²) in [5.74, 6) is 0.605. The lowest BCUT2D eigenvalue weighted by molar-refractivity contribution is 0.726. The SMILES string of the molecule is CC(c1ccccc1Cl)N(C)c1cnc(C(=N)N)cn1. The van der Waals surface area contributed by atoms with Crippen LogP contribution in [0, 0.1) is 5.41 Å². The molecule has 0 saturated carbocycles. The van der Waals surface area contributed by atoms with Crippen LogP contribution in [0.4, 0.5) is 5.82 Å². The van der Waals surface area contributed by atoms with E-state index in [-0.39, 0.29) is 11.9 Å². The van der Waals surface area contributed by atoms with Crippen LogP contribution >= 0.6 is 11.6 Å². The zero-order chi connectivity index (χ0) is 14.7. The van der Waals surface area contributed by atoms with Crippen LogP contribution in [0.2, 0.25) is 5.02 Å². The van der Waals surface area contributed by atoms with Gasteiger partial charge in [-0.3, -0.25) is 5.41 Å². The van der Waals surface area contributed by atoms with Crippen molar-refractivity contribution >= 4 is 23.3 Å².